The Bertz CT molecular complexity index is 842. The van der Waals surface area contributed by atoms with E-state index in [1.807, 2.05) is 0 Å². The fraction of sp³-hybridized carbons (Fsp3) is 0. The lowest BCUT2D eigenvalue weighted by atomic mass is 10.2. The molecule has 1 N–H and O–H groups in total. The second-order valence-corrected chi connectivity index (χ2v) is 5.57. The van der Waals surface area contributed by atoms with Crippen LogP contribution in [0.15, 0.2) is 46.9 Å². The summed E-state index contributed by atoms with van der Waals surface area (Å²) in [4.78, 5) is 12.2. The molecule has 0 fully saturated rings. The summed E-state index contributed by atoms with van der Waals surface area (Å²) in [5.41, 5.74) is 1.01. The Balaban J connectivity index is 1.91. The third-order valence-electron chi connectivity index (χ3n) is 2.90. The van der Waals surface area contributed by atoms with Crippen molar-refractivity contribution in [3.63, 3.8) is 0 Å². The van der Waals surface area contributed by atoms with Crippen LogP contribution in [0.2, 0.25) is 15.1 Å². The highest BCUT2D eigenvalue weighted by Crippen LogP contribution is 2.30. The second-order valence-electron chi connectivity index (χ2n) is 4.35. The Kier molecular flexibility index (Phi) is 3.81. The van der Waals surface area contributed by atoms with Gasteiger partial charge >= 0.3 is 0 Å². The minimum absolute atomic E-state index is 0.170. The summed E-state index contributed by atoms with van der Waals surface area (Å²) in [5.74, 6) is -0.241. The lowest BCUT2D eigenvalue weighted by Gasteiger charge is -2.06. The largest absolute Gasteiger partial charge is 0.451 e. The minimum Gasteiger partial charge on any atom is -0.451 e. The van der Waals surface area contributed by atoms with Crippen molar-refractivity contribution in [3.05, 3.63) is 63.3 Å². The SMILES string of the molecule is O=C(Nc1cccc(Cl)c1Cl)c1cc2cc(Cl)ccc2o1. The fourth-order valence-corrected chi connectivity index (χ4v) is 2.44. The first kappa shape index (κ1) is 14.3. The standard InChI is InChI=1S/C15H8Cl3NO2/c16-9-4-5-12-8(6-9)7-13(21-12)15(20)19-11-3-1-2-10(17)14(11)18/h1-7H,(H,19,20). The van der Waals surface area contributed by atoms with Crippen LogP contribution in [-0.2, 0) is 0 Å². The van der Waals surface area contributed by atoms with Gasteiger partial charge in [-0.2, -0.15) is 0 Å². The highest BCUT2D eigenvalue weighted by Gasteiger charge is 2.14. The number of carbonyl (C=O) groups is 1. The van der Waals surface area contributed by atoms with Crippen LogP contribution >= 0.6 is 34.8 Å². The Morgan fingerprint density at radius 1 is 1.05 bits per heavy atom. The van der Waals surface area contributed by atoms with Gasteiger partial charge in [0.2, 0.25) is 0 Å². The van der Waals surface area contributed by atoms with Crippen molar-refractivity contribution in [2.45, 2.75) is 0 Å². The molecule has 0 aliphatic heterocycles. The third-order valence-corrected chi connectivity index (χ3v) is 3.96. The van der Waals surface area contributed by atoms with Gasteiger partial charge in [-0.15, -0.1) is 0 Å². The molecule has 0 aliphatic rings. The first-order chi connectivity index (χ1) is 10.0. The topological polar surface area (TPSA) is 42.2 Å². The van der Waals surface area contributed by atoms with Crippen LogP contribution in [0, 0.1) is 0 Å². The second kappa shape index (κ2) is 5.60. The number of amides is 1. The van der Waals surface area contributed by atoms with E-state index < -0.39 is 5.91 Å². The fourth-order valence-electron chi connectivity index (χ4n) is 1.91. The van der Waals surface area contributed by atoms with Gasteiger partial charge < -0.3 is 9.73 Å². The molecule has 3 nitrogen and oxygen atoms in total. The maximum atomic E-state index is 12.2. The van der Waals surface area contributed by atoms with Gasteiger partial charge in [-0.3, -0.25) is 4.79 Å². The van der Waals surface area contributed by atoms with E-state index in [0.29, 0.717) is 21.3 Å². The molecule has 2 aromatic carbocycles. The maximum Gasteiger partial charge on any atom is 0.291 e. The smallest absolute Gasteiger partial charge is 0.291 e. The Morgan fingerprint density at radius 2 is 1.86 bits per heavy atom. The van der Waals surface area contributed by atoms with Gasteiger partial charge in [0, 0.05) is 10.4 Å². The van der Waals surface area contributed by atoms with E-state index in [1.54, 1.807) is 42.5 Å². The zero-order chi connectivity index (χ0) is 15.0. The molecule has 0 unspecified atom stereocenters. The van der Waals surface area contributed by atoms with E-state index in [-0.39, 0.29) is 10.8 Å². The molecule has 21 heavy (non-hydrogen) atoms. The van der Waals surface area contributed by atoms with Gasteiger partial charge in [0.25, 0.3) is 5.91 Å². The Hall–Kier alpha value is -1.68. The highest BCUT2D eigenvalue weighted by atomic mass is 35.5. The molecule has 6 heteroatoms. The molecule has 0 bridgehead atoms. The van der Waals surface area contributed by atoms with E-state index >= 15 is 0 Å². The summed E-state index contributed by atoms with van der Waals surface area (Å²) < 4.78 is 5.48. The first-order valence-electron chi connectivity index (χ1n) is 5.99. The summed E-state index contributed by atoms with van der Waals surface area (Å²) in [6, 6.07) is 11.7. The molecule has 3 rings (SSSR count). The van der Waals surface area contributed by atoms with Crippen LogP contribution in [-0.4, -0.2) is 5.91 Å². The molecule has 0 radical (unpaired) electrons. The van der Waals surface area contributed by atoms with Gasteiger partial charge in [-0.25, -0.2) is 0 Å². The number of nitrogens with one attached hydrogen (secondary N) is 1. The molecule has 106 valence electrons. The number of carbonyl (C=O) groups excluding carboxylic acids is 1. The van der Waals surface area contributed by atoms with Gasteiger partial charge in [0.15, 0.2) is 5.76 Å². The van der Waals surface area contributed by atoms with Crippen molar-refractivity contribution < 1.29 is 9.21 Å². The summed E-state index contributed by atoms with van der Waals surface area (Å²) in [6.45, 7) is 0. The highest BCUT2D eigenvalue weighted by molar-refractivity contribution is 6.44. The summed E-state index contributed by atoms with van der Waals surface area (Å²) in [5, 5.41) is 4.64. The lowest BCUT2D eigenvalue weighted by Crippen LogP contribution is -2.11. The average Bonchev–Trinajstić information content (AvgIpc) is 2.87. The van der Waals surface area contributed by atoms with Crippen LogP contribution in [0.3, 0.4) is 0 Å². The summed E-state index contributed by atoms with van der Waals surface area (Å²) in [7, 11) is 0. The van der Waals surface area contributed by atoms with Gasteiger partial charge in [-0.05, 0) is 36.4 Å². The van der Waals surface area contributed by atoms with Crippen LogP contribution in [0.4, 0.5) is 5.69 Å². The van der Waals surface area contributed by atoms with Gasteiger partial charge in [-0.1, -0.05) is 40.9 Å². The number of halogens is 3. The summed E-state index contributed by atoms with van der Waals surface area (Å²) in [6.07, 6.45) is 0. The first-order valence-corrected chi connectivity index (χ1v) is 7.12. The van der Waals surface area contributed by atoms with Crippen molar-refractivity contribution in [2.75, 3.05) is 5.32 Å². The number of rotatable bonds is 2. The Labute approximate surface area is 135 Å². The van der Waals surface area contributed by atoms with Crippen LogP contribution in [0.1, 0.15) is 10.6 Å². The van der Waals surface area contributed by atoms with E-state index in [0.717, 1.165) is 5.39 Å². The quantitative estimate of drug-likeness (QED) is 0.655. The predicted molar refractivity (Wildman–Crippen MR) is 85.6 cm³/mol. The molecule has 1 aromatic heterocycles. The minimum atomic E-state index is -0.411. The van der Waals surface area contributed by atoms with Crippen molar-refractivity contribution in [3.8, 4) is 0 Å². The van der Waals surface area contributed by atoms with E-state index in [1.165, 1.54) is 0 Å². The van der Waals surface area contributed by atoms with Crippen molar-refractivity contribution in [1.29, 1.82) is 0 Å². The van der Waals surface area contributed by atoms with Gasteiger partial charge in [0.1, 0.15) is 5.58 Å². The van der Waals surface area contributed by atoms with Crippen molar-refractivity contribution in [2.24, 2.45) is 0 Å². The normalized spacial score (nSPS) is 10.8. The van der Waals surface area contributed by atoms with Crippen molar-refractivity contribution >= 4 is 57.4 Å². The molecule has 0 saturated carbocycles. The number of furan rings is 1. The zero-order valence-corrected chi connectivity index (χ0v) is 12.8. The molecule has 0 saturated heterocycles. The molecule has 0 spiro atoms. The molecule has 0 aliphatic carbocycles. The van der Waals surface area contributed by atoms with Crippen LogP contribution in [0.25, 0.3) is 11.0 Å². The third kappa shape index (κ3) is 2.86. The van der Waals surface area contributed by atoms with E-state index in [2.05, 4.69) is 5.32 Å². The number of anilines is 1. The number of hydrogen-bond acceptors (Lipinski definition) is 2. The predicted octanol–water partition coefficient (Wildman–Crippen LogP) is 5.65. The van der Waals surface area contributed by atoms with Crippen LogP contribution < -0.4 is 5.32 Å². The zero-order valence-electron chi connectivity index (χ0n) is 10.5. The molecule has 1 amide bonds. The van der Waals surface area contributed by atoms with Crippen molar-refractivity contribution in [1.82, 2.24) is 0 Å². The monoisotopic (exact) mass is 339 g/mol. The maximum absolute atomic E-state index is 12.2. The number of benzene rings is 2. The average molecular weight is 341 g/mol. The van der Waals surface area contributed by atoms with Crippen LogP contribution in [0.5, 0.6) is 0 Å². The number of fused-ring (bicyclic) bond motifs is 1. The van der Waals surface area contributed by atoms with E-state index in [4.69, 9.17) is 39.2 Å². The van der Waals surface area contributed by atoms with E-state index in [9.17, 15) is 4.79 Å². The molecular weight excluding hydrogens is 333 g/mol. The molecule has 0 atom stereocenters. The molecule has 3 aromatic rings. The molecular formula is C15H8Cl3NO2. The van der Waals surface area contributed by atoms with Gasteiger partial charge in [0.05, 0.1) is 15.7 Å². The Morgan fingerprint density at radius 3 is 2.67 bits per heavy atom. The molecule has 1 heterocycles. The number of hydrogen-bond donors (Lipinski definition) is 1. The lowest BCUT2D eigenvalue weighted by molar-refractivity contribution is 0.0998. The summed E-state index contributed by atoms with van der Waals surface area (Å²) >= 11 is 17.8.